The Morgan fingerprint density at radius 1 is 1.36 bits per heavy atom. The van der Waals surface area contributed by atoms with E-state index in [-0.39, 0.29) is 17.8 Å². The van der Waals surface area contributed by atoms with E-state index in [0.29, 0.717) is 49.6 Å². The molecular weight excluding hydrogens is 363 g/mol. The molecule has 1 saturated heterocycles. The molecule has 2 heterocycles. The van der Waals surface area contributed by atoms with E-state index in [9.17, 15) is 14.0 Å². The van der Waals surface area contributed by atoms with E-state index in [2.05, 4.69) is 5.16 Å². The molecule has 0 N–H and O–H groups in total. The predicted octanol–water partition coefficient (Wildman–Crippen LogP) is 3.31. The van der Waals surface area contributed by atoms with Crippen LogP contribution in [-0.4, -0.2) is 41.6 Å². The summed E-state index contributed by atoms with van der Waals surface area (Å²) in [6, 6.07) is 7.98. The minimum absolute atomic E-state index is 0.0325. The Bertz CT molecular complexity index is 890. The number of halogens is 1. The number of amides is 1. The maximum absolute atomic E-state index is 14.0. The van der Waals surface area contributed by atoms with Crippen LogP contribution in [0.25, 0.3) is 11.3 Å². The maximum Gasteiger partial charge on any atom is 0.310 e. The van der Waals surface area contributed by atoms with Gasteiger partial charge in [0.15, 0.2) is 5.76 Å². The molecule has 2 fully saturated rings. The van der Waals surface area contributed by atoms with Crippen LogP contribution in [0.15, 0.2) is 34.9 Å². The lowest BCUT2D eigenvalue weighted by molar-refractivity contribution is -0.151. The second-order valence-electron chi connectivity index (χ2n) is 7.48. The first-order chi connectivity index (χ1) is 13.5. The minimum Gasteiger partial charge on any atom is -0.466 e. The lowest BCUT2D eigenvalue weighted by Crippen LogP contribution is -2.47. The fraction of sp³-hybridized carbons (Fsp3) is 0.476. The van der Waals surface area contributed by atoms with E-state index >= 15 is 0 Å². The van der Waals surface area contributed by atoms with E-state index in [1.165, 1.54) is 6.07 Å². The molecule has 0 bridgehead atoms. The SMILES string of the molecule is CCOC(=O)C1CCCN(C(=O)C2(c3cc(-c4ccccc4F)on3)CC2)C1. The Morgan fingerprint density at radius 3 is 2.86 bits per heavy atom. The van der Waals surface area contributed by atoms with Gasteiger partial charge in [-0.1, -0.05) is 17.3 Å². The highest BCUT2D eigenvalue weighted by Gasteiger charge is 2.56. The van der Waals surface area contributed by atoms with Crippen LogP contribution in [0.1, 0.15) is 38.3 Å². The molecule has 1 amide bonds. The number of hydrogen-bond donors (Lipinski definition) is 0. The maximum atomic E-state index is 14.0. The lowest BCUT2D eigenvalue weighted by Gasteiger charge is -2.33. The Labute approximate surface area is 162 Å². The summed E-state index contributed by atoms with van der Waals surface area (Å²) in [6.07, 6.45) is 2.85. The molecule has 1 unspecified atom stereocenters. The van der Waals surface area contributed by atoms with Crippen molar-refractivity contribution in [1.29, 1.82) is 0 Å². The number of aromatic nitrogens is 1. The van der Waals surface area contributed by atoms with Crippen molar-refractivity contribution in [3.05, 3.63) is 41.8 Å². The Kier molecular flexibility index (Phi) is 4.91. The average molecular weight is 386 g/mol. The van der Waals surface area contributed by atoms with E-state index in [1.807, 2.05) is 0 Å². The van der Waals surface area contributed by atoms with Gasteiger partial charge in [0.25, 0.3) is 0 Å². The molecule has 1 aromatic heterocycles. The smallest absolute Gasteiger partial charge is 0.310 e. The number of rotatable bonds is 5. The summed E-state index contributed by atoms with van der Waals surface area (Å²) in [5, 5.41) is 4.09. The fourth-order valence-corrected chi connectivity index (χ4v) is 3.91. The van der Waals surface area contributed by atoms with Crippen molar-refractivity contribution >= 4 is 11.9 Å². The Morgan fingerprint density at radius 2 is 2.14 bits per heavy atom. The van der Waals surface area contributed by atoms with Crippen LogP contribution >= 0.6 is 0 Å². The van der Waals surface area contributed by atoms with Crippen LogP contribution < -0.4 is 0 Å². The zero-order valence-corrected chi connectivity index (χ0v) is 15.8. The van der Waals surface area contributed by atoms with E-state index < -0.39 is 11.2 Å². The number of benzene rings is 1. The van der Waals surface area contributed by atoms with Crippen molar-refractivity contribution in [3.63, 3.8) is 0 Å². The van der Waals surface area contributed by atoms with E-state index in [4.69, 9.17) is 9.26 Å². The molecule has 4 rings (SSSR count). The monoisotopic (exact) mass is 386 g/mol. The van der Waals surface area contributed by atoms with Crippen molar-refractivity contribution in [2.24, 2.45) is 5.92 Å². The largest absolute Gasteiger partial charge is 0.466 e. The van der Waals surface area contributed by atoms with E-state index in [0.717, 1.165) is 12.8 Å². The van der Waals surface area contributed by atoms with Gasteiger partial charge in [-0.2, -0.15) is 0 Å². The number of piperidine rings is 1. The second kappa shape index (κ2) is 7.37. The number of carbonyl (C=O) groups excluding carboxylic acids is 2. The topological polar surface area (TPSA) is 72.6 Å². The molecule has 1 aliphatic carbocycles. The predicted molar refractivity (Wildman–Crippen MR) is 98.7 cm³/mol. The van der Waals surface area contributed by atoms with Crippen LogP contribution in [0.4, 0.5) is 4.39 Å². The second-order valence-corrected chi connectivity index (χ2v) is 7.48. The van der Waals surface area contributed by atoms with E-state index in [1.54, 1.807) is 36.1 Å². The molecule has 7 heteroatoms. The molecule has 1 aromatic carbocycles. The van der Waals surface area contributed by atoms with Crippen LogP contribution in [0.5, 0.6) is 0 Å². The third-order valence-corrected chi connectivity index (χ3v) is 5.63. The van der Waals surface area contributed by atoms with Crippen molar-refractivity contribution in [2.45, 2.75) is 38.0 Å². The average Bonchev–Trinajstić information content (AvgIpc) is 3.38. The number of nitrogens with zero attached hydrogens (tertiary/aromatic N) is 2. The number of carbonyl (C=O) groups is 2. The summed E-state index contributed by atoms with van der Waals surface area (Å²) in [5.41, 5.74) is 0.141. The summed E-state index contributed by atoms with van der Waals surface area (Å²) < 4.78 is 24.5. The number of likely N-dealkylation sites (tertiary alicyclic amines) is 1. The summed E-state index contributed by atoms with van der Waals surface area (Å²) >= 11 is 0. The Hall–Kier alpha value is -2.70. The standard InChI is InChI=1S/C21H23FN2O4/c1-2-27-19(25)14-6-5-11-24(13-14)20(26)21(9-10-21)18-12-17(28-23-18)15-7-3-4-8-16(15)22/h3-4,7-8,12,14H,2,5-6,9-11,13H2,1H3. The third-order valence-electron chi connectivity index (χ3n) is 5.63. The molecule has 148 valence electrons. The van der Waals surface area contributed by atoms with Gasteiger partial charge in [-0.3, -0.25) is 9.59 Å². The summed E-state index contributed by atoms with van der Waals surface area (Å²) in [7, 11) is 0. The summed E-state index contributed by atoms with van der Waals surface area (Å²) in [6.45, 7) is 3.11. The quantitative estimate of drug-likeness (QED) is 0.737. The van der Waals surface area contributed by atoms with Gasteiger partial charge in [0.05, 0.1) is 29.2 Å². The zero-order chi connectivity index (χ0) is 19.7. The van der Waals surface area contributed by atoms with Gasteiger partial charge in [0, 0.05) is 19.2 Å². The van der Waals surface area contributed by atoms with Crippen molar-refractivity contribution in [3.8, 4) is 11.3 Å². The molecule has 6 nitrogen and oxygen atoms in total. The van der Waals surface area contributed by atoms with Gasteiger partial charge < -0.3 is 14.2 Å². The molecule has 0 spiro atoms. The lowest BCUT2D eigenvalue weighted by atomic mass is 9.94. The van der Waals surface area contributed by atoms with Crippen LogP contribution in [0.3, 0.4) is 0 Å². The van der Waals surface area contributed by atoms with Crippen molar-refractivity contribution < 1.29 is 23.2 Å². The molecule has 2 aromatic rings. The number of hydrogen-bond acceptors (Lipinski definition) is 5. The highest BCUT2D eigenvalue weighted by Crippen LogP contribution is 2.50. The molecular formula is C21H23FN2O4. The first kappa shape index (κ1) is 18.7. The van der Waals surface area contributed by atoms with Crippen LogP contribution in [0, 0.1) is 11.7 Å². The zero-order valence-electron chi connectivity index (χ0n) is 15.8. The van der Waals surface area contributed by atoms with Gasteiger partial charge in [0.1, 0.15) is 5.82 Å². The molecule has 0 radical (unpaired) electrons. The van der Waals surface area contributed by atoms with Crippen molar-refractivity contribution in [1.82, 2.24) is 10.1 Å². The van der Waals surface area contributed by atoms with Gasteiger partial charge in [-0.15, -0.1) is 0 Å². The third kappa shape index (κ3) is 3.30. The van der Waals surface area contributed by atoms with Gasteiger partial charge in [-0.25, -0.2) is 4.39 Å². The Balaban J connectivity index is 1.52. The minimum atomic E-state index is -0.719. The van der Waals surface area contributed by atoms with Gasteiger partial charge in [0.2, 0.25) is 5.91 Å². The molecule has 2 aliphatic rings. The van der Waals surface area contributed by atoms with Gasteiger partial charge in [-0.05, 0) is 44.7 Å². The highest BCUT2D eigenvalue weighted by atomic mass is 19.1. The molecule has 1 atom stereocenters. The number of ether oxygens (including phenoxy) is 1. The number of esters is 1. The molecule has 1 aliphatic heterocycles. The highest BCUT2D eigenvalue weighted by molar-refractivity contribution is 5.91. The fourth-order valence-electron chi connectivity index (χ4n) is 3.91. The first-order valence-electron chi connectivity index (χ1n) is 9.73. The molecule has 1 saturated carbocycles. The normalized spacial score (nSPS) is 20.6. The summed E-state index contributed by atoms with van der Waals surface area (Å²) in [4.78, 5) is 27.1. The first-order valence-corrected chi connectivity index (χ1v) is 9.73. The van der Waals surface area contributed by atoms with Gasteiger partial charge >= 0.3 is 5.97 Å². The molecule has 28 heavy (non-hydrogen) atoms. The van der Waals surface area contributed by atoms with Crippen LogP contribution in [-0.2, 0) is 19.7 Å². The van der Waals surface area contributed by atoms with Crippen LogP contribution in [0.2, 0.25) is 0 Å². The van der Waals surface area contributed by atoms with Crippen molar-refractivity contribution in [2.75, 3.05) is 19.7 Å². The summed E-state index contributed by atoms with van der Waals surface area (Å²) in [5.74, 6) is -0.632.